The second-order valence-electron chi connectivity index (χ2n) is 11.3. The molecule has 1 aliphatic heterocycles. The molecular formula is C28H35N3O. The van der Waals surface area contributed by atoms with Crippen LogP contribution in [0.25, 0.3) is 10.9 Å². The lowest BCUT2D eigenvalue weighted by Gasteiger charge is -2.60. The quantitative estimate of drug-likeness (QED) is 0.670. The number of nitrogens with zero attached hydrogens (tertiary/aromatic N) is 2. The number of fused-ring (bicyclic) bond motifs is 6. The molecule has 0 bridgehead atoms. The van der Waals surface area contributed by atoms with E-state index in [0.717, 1.165) is 23.8 Å². The molecule has 6 rings (SSSR count). The first kappa shape index (κ1) is 20.3. The molecule has 2 aromatic rings. The fourth-order valence-corrected chi connectivity index (χ4v) is 8.38. The Balaban J connectivity index is 1.29. The molecule has 3 aliphatic carbocycles. The van der Waals surface area contributed by atoms with E-state index in [-0.39, 0.29) is 11.3 Å². The summed E-state index contributed by atoms with van der Waals surface area (Å²) >= 11 is 0. The number of anilines is 1. The van der Waals surface area contributed by atoms with E-state index in [0.29, 0.717) is 23.4 Å². The van der Waals surface area contributed by atoms with E-state index in [1.165, 1.54) is 43.2 Å². The Labute approximate surface area is 191 Å². The average molecular weight is 430 g/mol. The highest BCUT2D eigenvalue weighted by Gasteiger charge is 2.60. The van der Waals surface area contributed by atoms with Crippen LogP contribution in [-0.4, -0.2) is 34.9 Å². The Morgan fingerprint density at radius 3 is 2.75 bits per heavy atom. The summed E-state index contributed by atoms with van der Waals surface area (Å²) in [5, 5.41) is 5.17. The van der Waals surface area contributed by atoms with Gasteiger partial charge < -0.3 is 10.2 Å². The first-order valence-corrected chi connectivity index (χ1v) is 12.5. The Morgan fingerprint density at radius 2 is 1.88 bits per heavy atom. The minimum atomic E-state index is 0.123. The van der Waals surface area contributed by atoms with Gasteiger partial charge in [0.25, 0.3) is 0 Å². The van der Waals surface area contributed by atoms with Gasteiger partial charge in [0.2, 0.25) is 5.91 Å². The summed E-state index contributed by atoms with van der Waals surface area (Å²) in [5.74, 6) is 2.39. The zero-order valence-electron chi connectivity index (χ0n) is 19.6. The van der Waals surface area contributed by atoms with Gasteiger partial charge in [0, 0.05) is 36.1 Å². The van der Waals surface area contributed by atoms with Crippen LogP contribution in [0.4, 0.5) is 5.69 Å². The van der Waals surface area contributed by atoms with Crippen molar-refractivity contribution in [1.29, 1.82) is 0 Å². The van der Waals surface area contributed by atoms with Crippen LogP contribution in [0.3, 0.4) is 0 Å². The van der Waals surface area contributed by atoms with Gasteiger partial charge in [-0.1, -0.05) is 38.1 Å². The van der Waals surface area contributed by atoms with Crippen molar-refractivity contribution < 1.29 is 4.79 Å². The molecule has 1 aromatic heterocycles. The number of pyridine rings is 1. The number of nitrogens with one attached hydrogen (secondary N) is 1. The maximum absolute atomic E-state index is 12.3. The number of likely N-dealkylation sites (N-methyl/N-ethyl adjacent to an activating group) is 1. The molecule has 1 aromatic carbocycles. The standard InChI is InChI=1S/C28H35N3O/c1-27-15-13-21-19(9-12-24-28(21,2)16-14-25(32)31(24)3)20(27)10-11-23(27)30-22-8-4-6-18-7-5-17-29-26(18)22/h4-8,14,16-17,19-21,23-24,30H,9-13,15H2,1-3H3/t19-,20-,21+,23?,24?,27-,28+/m0/s1. The molecule has 2 unspecified atom stereocenters. The topological polar surface area (TPSA) is 45.2 Å². The van der Waals surface area contributed by atoms with E-state index < -0.39 is 0 Å². The molecule has 1 amide bonds. The van der Waals surface area contributed by atoms with Gasteiger partial charge in [-0.2, -0.15) is 0 Å². The molecule has 0 saturated heterocycles. The number of aromatic nitrogens is 1. The third-order valence-electron chi connectivity index (χ3n) is 10.1. The van der Waals surface area contributed by atoms with E-state index in [9.17, 15) is 4.79 Å². The molecule has 0 radical (unpaired) electrons. The molecule has 4 heteroatoms. The first-order valence-electron chi connectivity index (χ1n) is 12.5. The van der Waals surface area contributed by atoms with E-state index in [1.807, 2.05) is 30.3 Å². The van der Waals surface area contributed by atoms with Crippen LogP contribution in [0, 0.1) is 28.6 Å². The van der Waals surface area contributed by atoms with Crippen LogP contribution in [0.1, 0.15) is 52.4 Å². The van der Waals surface area contributed by atoms with Crippen LogP contribution in [-0.2, 0) is 4.79 Å². The second-order valence-corrected chi connectivity index (χ2v) is 11.3. The lowest BCUT2D eigenvalue weighted by Crippen LogP contribution is -2.60. The lowest BCUT2D eigenvalue weighted by atomic mass is 9.48. The van der Waals surface area contributed by atoms with Crippen molar-refractivity contribution in [2.24, 2.45) is 28.6 Å². The third-order valence-corrected chi connectivity index (χ3v) is 10.1. The number of hydrogen-bond donors (Lipinski definition) is 1. The smallest absolute Gasteiger partial charge is 0.246 e. The van der Waals surface area contributed by atoms with Gasteiger partial charge in [0.1, 0.15) is 0 Å². The molecule has 168 valence electrons. The summed E-state index contributed by atoms with van der Waals surface area (Å²) in [6.45, 7) is 4.99. The highest BCUT2D eigenvalue weighted by Crippen LogP contribution is 2.64. The predicted molar refractivity (Wildman–Crippen MR) is 129 cm³/mol. The summed E-state index contributed by atoms with van der Waals surface area (Å²) in [7, 11) is 2.01. The van der Waals surface area contributed by atoms with E-state index in [2.05, 4.69) is 54.5 Å². The Kier molecular flexibility index (Phi) is 4.48. The summed E-state index contributed by atoms with van der Waals surface area (Å²) < 4.78 is 0. The minimum Gasteiger partial charge on any atom is -0.380 e. The Morgan fingerprint density at radius 1 is 1.03 bits per heavy atom. The van der Waals surface area contributed by atoms with Crippen molar-refractivity contribution in [3.05, 3.63) is 48.7 Å². The first-order chi connectivity index (χ1) is 15.4. The molecule has 3 saturated carbocycles. The number of hydrogen-bond acceptors (Lipinski definition) is 3. The number of benzene rings is 1. The van der Waals surface area contributed by atoms with Gasteiger partial charge in [-0.05, 0) is 79.9 Å². The van der Waals surface area contributed by atoms with Crippen LogP contribution in [0.15, 0.2) is 48.7 Å². The molecule has 0 spiro atoms. The fourth-order valence-electron chi connectivity index (χ4n) is 8.38. The maximum Gasteiger partial charge on any atom is 0.246 e. The number of amides is 1. The van der Waals surface area contributed by atoms with Crippen molar-refractivity contribution >= 4 is 22.5 Å². The van der Waals surface area contributed by atoms with Crippen LogP contribution >= 0.6 is 0 Å². The lowest BCUT2D eigenvalue weighted by molar-refractivity contribution is -0.138. The third kappa shape index (κ3) is 2.74. The molecule has 4 aliphatic rings. The van der Waals surface area contributed by atoms with E-state index in [4.69, 9.17) is 0 Å². The zero-order valence-corrected chi connectivity index (χ0v) is 19.6. The van der Waals surface area contributed by atoms with Crippen molar-refractivity contribution in [1.82, 2.24) is 9.88 Å². The van der Waals surface area contributed by atoms with E-state index in [1.54, 1.807) is 0 Å². The van der Waals surface area contributed by atoms with Gasteiger partial charge >= 0.3 is 0 Å². The Hall–Kier alpha value is -2.36. The summed E-state index contributed by atoms with van der Waals surface area (Å²) in [4.78, 5) is 19.0. The number of rotatable bonds is 2. The van der Waals surface area contributed by atoms with Crippen LogP contribution in [0.2, 0.25) is 0 Å². The van der Waals surface area contributed by atoms with Gasteiger partial charge in [-0.15, -0.1) is 0 Å². The fraction of sp³-hybridized carbons (Fsp3) is 0.571. The second kappa shape index (κ2) is 7.07. The predicted octanol–water partition coefficient (Wildman–Crippen LogP) is 5.65. The number of carbonyl (C=O) groups is 1. The highest BCUT2D eigenvalue weighted by atomic mass is 16.2. The zero-order chi connectivity index (χ0) is 22.1. The molecule has 2 heterocycles. The van der Waals surface area contributed by atoms with Gasteiger partial charge in [-0.3, -0.25) is 9.78 Å². The SMILES string of the molecule is CN1C(=O)C=C[C@@]2(C)C1CC[C@@H]1[C@H]2CC[C@]2(C)C(Nc3cccc4cccnc34)CC[C@@H]12. The van der Waals surface area contributed by atoms with Crippen molar-refractivity contribution in [3.8, 4) is 0 Å². The maximum atomic E-state index is 12.3. The minimum absolute atomic E-state index is 0.123. The van der Waals surface area contributed by atoms with Crippen molar-refractivity contribution in [2.75, 3.05) is 12.4 Å². The summed E-state index contributed by atoms with van der Waals surface area (Å²) in [5.41, 5.74) is 2.71. The largest absolute Gasteiger partial charge is 0.380 e. The molecule has 1 N–H and O–H groups in total. The van der Waals surface area contributed by atoms with Gasteiger partial charge in [0.05, 0.1) is 11.2 Å². The normalized spacial score (nSPS) is 40.7. The van der Waals surface area contributed by atoms with Crippen LogP contribution in [0.5, 0.6) is 0 Å². The molecule has 4 nitrogen and oxygen atoms in total. The van der Waals surface area contributed by atoms with Gasteiger partial charge in [-0.25, -0.2) is 0 Å². The highest BCUT2D eigenvalue weighted by molar-refractivity contribution is 5.90. The Bertz CT molecular complexity index is 1090. The summed E-state index contributed by atoms with van der Waals surface area (Å²) in [6.07, 6.45) is 13.5. The number of para-hydroxylation sites is 1. The summed E-state index contributed by atoms with van der Waals surface area (Å²) in [6, 6.07) is 11.5. The van der Waals surface area contributed by atoms with Crippen molar-refractivity contribution in [3.63, 3.8) is 0 Å². The monoisotopic (exact) mass is 429 g/mol. The molecule has 3 fully saturated rings. The van der Waals surface area contributed by atoms with Crippen LogP contribution < -0.4 is 5.32 Å². The average Bonchev–Trinajstić information content (AvgIpc) is 3.13. The van der Waals surface area contributed by atoms with E-state index >= 15 is 0 Å². The molecule has 32 heavy (non-hydrogen) atoms. The molecule has 7 atom stereocenters. The van der Waals surface area contributed by atoms with Gasteiger partial charge in [0.15, 0.2) is 0 Å². The van der Waals surface area contributed by atoms with Crippen molar-refractivity contribution in [2.45, 2.75) is 64.5 Å². The number of carbonyl (C=O) groups excluding carboxylic acids is 1. The molecular weight excluding hydrogens is 394 g/mol.